The molecule has 1 rings (SSSR count). The number of rotatable bonds is 4. The molecule has 3 N–H and O–H groups in total. The lowest BCUT2D eigenvalue weighted by molar-refractivity contribution is -0.139. The predicted octanol–water partition coefficient (Wildman–Crippen LogP) is 1.85. The van der Waals surface area contributed by atoms with Crippen molar-refractivity contribution in [1.82, 2.24) is 0 Å². The fraction of sp³-hybridized carbons (Fsp3) is 0.900. The summed E-state index contributed by atoms with van der Waals surface area (Å²) in [5.41, 5.74) is 5.65. The molecule has 0 aliphatic heterocycles. The van der Waals surface area contributed by atoms with Crippen molar-refractivity contribution in [1.29, 1.82) is 0 Å². The molecule has 0 saturated heterocycles. The lowest BCUT2D eigenvalue weighted by Gasteiger charge is -2.30. The molecule has 0 bridgehead atoms. The van der Waals surface area contributed by atoms with Crippen LogP contribution in [-0.4, -0.2) is 27.1 Å². The van der Waals surface area contributed by atoms with E-state index >= 15 is 0 Å². The largest absolute Gasteiger partial charge is 0.480 e. The van der Waals surface area contributed by atoms with Crippen molar-refractivity contribution in [3.63, 3.8) is 0 Å². The number of carbonyl (C=O) groups is 1. The van der Waals surface area contributed by atoms with Crippen molar-refractivity contribution in [2.45, 2.75) is 55.6 Å². The lowest BCUT2D eigenvalue weighted by Crippen LogP contribution is -2.47. The van der Waals surface area contributed by atoms with Crippen molar-refractivity contribution in [3.8, 4) is 0 Å². The third-order valence-electron chi connectivity index (χ3n) is 2.79. The topological polar surface area (TPSA) is 63.3 Å². The number of hydrogen-bond acceptors (Lipinski definition) is 3. The first kappa shape index (κ1) is 11.9. The van der Waals surface area contributed by atoms with Gasteiger partial charge in [0.15, 0.2) is 0 Å². The summed E-state index contributed by atoms with van der Waals surface area (Å²) in [4.78, 5) is 10.8. The van der Waals surface area contributed by atoms with Crippen molar-refractivity contribution in [3.05, 3.63) is 0 Å². The van der Waals surface area contributed by atoms with Crippen LogP contribution in [0.3, 0.4) is 0 Å². The highest BCUT2D eigenvalue weighted by molar-refractivity contribution is 8.01. The minimum Gasteiger partial charge on any atom is -0.480 e. The molecule has 1 saturated carbocycles. The molecule has 0 aromatic rings. The first-order valence-electron chi connectivity index (χ1n) is 5.09. The Morgan fingerprint density at radius 1 is 1.50 bits per heavy atom. The van der Waals surface area contributed by atoms with E-state index < -0.39 is 12.0 Å². The second-order valence-corrected chi connectivity index (χ2v) is 6.40. The van der Waals surface area contributed by atoms with E-state index in [-0.39, 0.29) is 4.75 Å². The molecule has 0 aromatic carbocycles. The number of hydrogen-bond donors (Lipinski definition) is 2. The minimum absolute atomic E-state index is 0.360. The van der Waals surface area contributed by atoms with Gasteiger partial charge in [0.1, 0.15) is 6.04 Å². The van der Waals surface area contributed by atoms with Crippen LogP contribution < -0.4 is 5.73 Å². The van der Waals surface area contributed by atoms with Crippen molar-refractivity contribution < 1.29 is 9.90 Å². The number of thioether (sulfide) groups is 1. The summed E-state index contributed by atoms with van der Waals surface area (Å²) >= 11 is 1.74. The van der Waals surface area contributed by atoms with E-state index in [1.54, 1.807) is 11.8 Å². The van der Waals surface area contributed by atoms with E-state index in [0.717, 1.165) is 0 Å². The molecule has 0 radical (unpaired) electrons. The number of aliphatic carboxylic acids is 1. The van der Waals surface area contributed by atoms with E-state index in [1.807, 2.05) is 13.8 Å². The van der Waals surface area contributed by atoms with Gasteiger partial charge in [0.05, 0.1) is 0 Å². The second-order valence-electron chi connectivity index (χ2n) is 4.44. The molecule has 14 heavy (non-hydrogen) atoms. The molecule has 1 fully saturated rings. The quantitative estimate of drug-likeness (QED) is 0.754. The van der Waals surface area contributed by atoms with Gasteiger partial charge in [0, 0.05) is 10.00 Å². The zero-order valence-electron chi connectivity index (χ0n) is 8.82. The van der Waals surface area contributed by atoms with Crippen LogP contribution in [0.1, 0.15) is 39.5 Å². The highest BCUT2D eigenvalue weighted by atomic mass is 32.2. The first-order chi connectivity index (χ1) is 6.43. The molecule has 1 atom stereocenters. The van der Waals surface area contributed by atoms with Crippen LogP contribution in [0.15, 0.2) is 0 Å². The summed E-state index contributed by atoms with van der Waals surface area (Å²) in [7, 11) is 0. The first-order valence-corrected chi connectivity index (χ1v) is 5.97. The van der Waals surface area contributed by atoms with Crippen molar-refractivity contribution >= 4 is 17.7 Å². The highest BCUT2D eigenvalue weighted by Crippen LogP contribution is 2.39. The Labute approximate surface area is 89.4 Å². The lowest BCUT2D eigenvalue weighted by atomic mass is 10.1. The van der Waals surface area contributed by atoms with Crippen LogP contribution in [0.5, 0.6) is 0 Å². The van der Waals surface area contributed by atoms with Crippen molar-refractivity contribution in [2.75, 3.05) is 0 Å². The molecular formula is C10H19NO2S. The van der Waals surface area contributed by atoms with E-state index in [0.29, 0.717) is 5.25 Å². The fourth-order valence-electron chi connectivity index (χ4n) is 1.81. The number of carboxylic acids is 1. The third kappa shape index (κ3) is 2.89. The number of nitrogens with two attached hydrogens (primary N) is 1. The van der Waals surface area contributed by atoms with Gasteiger partial charge in [-0.25, -0.2) is 0 Å². The van der Waals surface area contributed by atoms with Crippen LogP contribution in [0.2, 0.25) is 0 Å². The van der Waals surface area contributed by atoms with Crippen LogP contribution >= 0.6 is 11.8 Å². The molecule has 3 nitrogen and oxygen atoms in total. The van der Waals surface area contributed by atoms with Gasteiger partial charge in [0.2, 0.25) is 0 Å². The van der Waals surface area contributed by atoms with Crippen LogP contribution in [0, 0.1) is 0 Å². The Hall–Kier alpha value is -0.220. The van der Waals surface area contributed by atoms with Crippen molar-refractivity contribution in [2.24, 2.45) is 5.73 Å². The van der Waals surface area contributed by atoms with Gasteiger partial charge in [-0.15, -0.1) is 0 Å². The van der Waals surface area contributed by atoms with Crippen LogP contribution in [0.4, 0.5) is 0 Å². The molecule has 0 unspecified atom stereocenters. The summed E-state index contributed by atoms with van der Waals surface area (Å²) in [5.74, 6) is -0.902. The summed E-state index contributed by atoms with van der Waals surface area (Å²) in [6, 6.07) is -0.770. The Morgan fingerprint density at radius 3 is 2.43 bits per heavy atom. The monoisotopic (exact) mass is 217 g/mol. The molecule has 0 heterocycles. The smallest absolute Gasteiger partial charge is 0.321 e. The average molecular weight is 217 g/mol. The van der Waals surface area contributed by atoms with E-state index in [2.05, 4.69) is 0 Å². The normalized spacial score (nSPS) is 21.1. The van der Waals surface area contributed by atoms with Gasteiger partial charge < -0.3 is 10.8 Å². The SMILES string of the molecule is CC(C)(SC1CCCC1)[C@H](N)C(=O)O. The minimum atomic E-state index is -0.902. The van der Waals surface area contributed by atoms with Gasteiger partial charge in [-0.1, -0.05) is 12.8 Å². The fourth-order valence-corrected chi connectivity index (χ4v) is 3.48. The summed E-state index contributed by atoms with van der Waals surface area (Å²) < 4.78 is -0.360. The Balaban J connectivity index is 2.51. The zero-order chi connectivity index (χ0) is 10.8. The molecular weight excluding hydrogens is 198 g/mol. The molecule has 82 valence electrons. The summed E-state index contributed by atoms with van der Waals surface area (Å²) in [5, 5.41) is 9.46. The van der Waals surface area contributed by atoms with Gasteiger partial charge in [0.25, 0.3) is 0 Å². The molecule has 4 heteroatoms. The maximum absolute atomic E-state index is 10.8. The van der Waals surface area contributed by atoms with E-state index in [9.17, 15) is 4.79 Å². The molecule has 1 aliphatic rings. The second kappa shape index (κ2) is 4.53. The van der Waals surface area contributed by atoms with Gasteiger partial charge in [-0.3, -0.25) is 4.79 Å². The maximum atomic E-state index is 10.8. The standard InChI is InChI=1S/C10H19NO2S/c1-10(2,8(11)9(12)13)14-7-5-3-4-6-7/h7-8H,3-6,11H2,1-2H3,(H,12,13)/t8-/m1/s1. The Kier molecular flexibility index (Phi) is 3.84. The molecule has 0 aromatic heterocycles. The predicted molar refractivity (Wildman–Crippen MR) is 59.5 cm³/mol. The van der Waals surface area contributed by atoms with Gasteiger partial charge in [-0.2, -0.15) is 11.8 Å². The van der Waals surface area contributed by atoms with E-state index in [1.165, 1.54) is 25.7 Å². The maximum Gasteiger partial charge on any atom is 0.321 e. The molecule has 0 amide bonds. The number of carboxylic acid groups (broad SMARTS) is 1. The Bertz CT molecular complexity index is 212. The highest BCUT2D eigenvalue weighted by Gasteiger charge is 2.35. The molecule has 0 spiro atoms. The van der Waals surface area contributed by atoms with Gasteiger partial charge in [-0.05, 0) is 26.7 Å². The summed E-state index contributed by atoms with van der Waals surface area (Å²) in [6.07, 6.45) is 4.97. The Morgan fingerprint density at radius 2 is 2.00 bits per heavy atom. The third-order valence-corrected chi connectivity index (χ3v) is 4.45. The van der Waals surface area contributed by atoms with Gasteiger partial charge >= 0.3 is 5.97 Å². The van der Waals surface area contributed by atoms with Crippen LogP contribution in [0.25, 0.3) is 0 Å². The van der Waals surface area contributed by atoms with Crippen LogP contribution in [-0.2, 0) is 4.79 Å². The average Bonchev–Trinajstić information content (AvgIpc) is 2.54. The van der Waals surface area contributed by atoms with E-state index in [4.69, 9.17) is 10.8 Å². The zero-order valence-corrected chi connectivity index (χ0v) is 9.64. The molecule has 1 aliphatic carbocycles. The summed E-state index contributed by atoms with van der Waals surface area (Å²) in [6.45, 7) is 3.85.